The lowest BCUT2D eigenvalue weighted by Gasteiger charge is -2.06. The molecule has 6 heteroatoms. The Bertz CT molecular complexity index is 1030. The van der Waals surface area contributed by atoms with E-state index in [4.69, 9.17) is 0 Å². The zero-order valence-corrected chi connectivity index (χ0v) is 13.7. The van der Waals surface area contributed by atoms with E-state index >= 15 is 0 Å². The van der Waals surface area contributed by atoms with Gasteiger partial charge in [-0.05, 0) is 42.8 Å². The topological polar surface area (TPSA) is 75.6 Å². The number of rotatable bonds is 4. The predicted molar refractivity (Wildman–Crippen MR) is 95.6 cm³/mol. The summed E-state index contributed by atoms with van der Waals surface area (Å²) in [4.78, 5) is 19.5. The molecule has 0 aliphatic rings. The Morgan fingerprint density at radius 2 is 2.12 bits per heavy atom. The first-order valence-corrected chi connectivity index (χ1v) is 8.00. The number of amides is 1. The molecule has 0 atom stereocenters. The van der Waals surface area contributed by atoms with E-state index in [0.717, 1.165) is 22.2 Å². The van der Waals surface area contributed by atoms with Crippen LogP contribution < -0.4 is 5.32 Å². The number of aromatic nitrogens is 4. The minimum Gasteiger partial charge on any atom is -0.351 e. The second-order valence-electron chi connectivity index (χ2n) is 5.97. The number of hydrogen-bond donors (Lipinski definition) is 2. The molecule has 0 aliphatic heterocycles. The first kappa shape index (κ1) is 15.1. The van der Waals surface area contributed by atoms with Crippen molar-refractivity contribution in [3.05, 3.63) is 78.0 Å². The van der Waals surface area contributed by atoms with Crippen molar-refractivity contribution in [2.75, 3.05) is 0 Å². The van der Waals surface area contributed by atoms with Crippen molar-refractivity contribution in [2.24, 2.45) is 0 Å². The van der Waals surface area contributed by atoms with Gasteiger partial charge in [0, 0.05) is 17.4 Å². The van der Waals surface area contributed by atoms with Gasteiger partial charge in [-0.3, -0.25) is 4.79 Å². The maximum Gasteiger partial charge on any atom is 0.267 e. The van der Waals surface area contributed by atoms with E-state index in [0.29, 0.717) is 12.2 Å². The number of aromatic amines is 1. The van der Waals surface area contributed by atoms with E-state index < -0.39 is 0 Å². The first-order valence-electron chi connectivity index (χ1n) is 8.00. The van der Waals surface area contributed by atoms with Gasteiger partial charge in [-0.2, -0.15) is 5.10 Å². The second-order valence-corrected chi connectivity index (χ2v) is 5.97. The van der Waals surface area contributed by atoms with E-state index in [1.54, 1.807) is 11.0 Å². The quantitative estimate of drug-likeness (QED) is 0.603. The number of benzene rings is 2. The number of fused-ring (bicyclic) bond motifs is 1. The number of nitrogens with zero attached hydrogens (tertiary/aromatic N) is 3. The Morgan fingerprint density at radius 3 is 2.96 bits per heavy atom. The van der Waals surface area contributed by atoms with Gasteiger partial charge in [-0.25, -0.2) is 9.67 Å². The highest BCUT2D eigenvalue weighted by molar-refractivity contribution is 5.98. The summed E-state index contributed by atoms with van der Waals surface area (Å²) in [6.07, 6.45) is 3.14. The second kappa shape index (κ2) is 6.24. The molecule has 2 aromatic heterocycles. The van der Waals surface area contributed by atoms with E-state index in [1.807, 2.05) is 49.4 Å². The van der Waals surface area contributed by atoms with Crippen LogP contribution in [0.25, 0.3) is 16.6 Å². The SMILES string of the molecule is Cc1ccc2[nH]c(C(=O)NCc3cccc(-n4cncn4)c3)cc2c1. The molecular weight excluding hydrogens is 314 g/mol. The molecule has 0 spiro atoms. The van der Waals surface area contributed by atoms with Gasteiger partial charge in [0.25, 0.3) is 5.91 Å². The van der Waals surface area contributed by atoms with Crippen LogP contribution in [0.15, 0.2) is 61.2 Å². The third-order valence-electron chi connectivity index (χ3n) is 4.07. The highest BCUT2D eigenvalue weighted by Crippen LogP contribution is 2.17. The smallest absolute Gasteiger partial charge is 0.267 e. The summed E-state index contributed by atoms with van der Waals surface area (Å²) in [7, 11) is 0. The lowest BCUT2D eigenvalue weighted by atomic mass is 10.2. The monoisotopic (exact) mass is 331 g/mol. The van der Waals surface area contributed by atoms with Crippen LogP contribution in [0, 0.1) is 6.92 Å². The van der Waals surface area contributed by atoms with Gasteiger partial charge in [0.2, 0.25) is 0 Å². The van der Waals surface area contributed by atoms with E-state index in [2.05, 4.69) is 26.4 Å². The highest BCUT2D eigenvalue weighted by Gasteiger charge is 2.09. The molecule has 0 radical (unpaired) electrons. The zero-order valence-electron chi connectivity index (χ0n) is 13.7. The molecule has 0 saturated heterocycles. The first-order chi connectivity index (χ1) is 12.2. The molecule has 25 heavy (non-hydrogen) atoms. The zero-order chi connectivity index (χ0) is 17.2. The van der Waals surface area contributed by atoms with Gasteiger partial charge in [0.15, 0.2) is 0 Å². The van der Waals surface area contributed by atoms with Crippen LogP contribution in [0.5, 0.6) is 0 Å². The highest BCUT2D eigenvalue weighted by atomic mass is 16.1. The van der Waals surface area contributed by atoms with Crippen LogP contribution in [0.4, 0.5) is 0 Å². The van der Waals surface area contributed by atoms with E-state index in [-0.39, 0.29) is 5.91 Å². The summed E-state index contributed by atoms with van der Waals surface area (Å²) in [5.41, 5.74) is 4.60. The standard InChI is InChI=1S/C19H17N5O/c1-13-5-6-17-15(7-13)9-18(23-17)19(25)21-10-14-3-2-4-16(8-14)24-12-20-11-22-24/h2-9,11-12,23H,10H2,1H3,(H,21,25). The number of hydrogen-bond acceptors (Lipinski definition) is 3. The Morgan fingerprint density at radius 1 is 1.20 bits per heavy atom. The Kier molecular flexibility index (Phi) is 3.78. The summed E-state index contributed by atoms with van der Waals surface area (Å²) >= 11 is 0. The van der Waals surface area contributed by atoms with Gasteiger partial charge in [0.05, 0.1) is 5.69 Å². The Balaban J connectivity index is 1.48. The number of carbonyl (C=O) groups is 1. The molecule has 2 aromatic carbocycles. The molecule has 0 bridgehead atoms. The third-order valence-corrected chi connectivity index (χ3v) is 4.07. The Hall–Kier alpha value is -3.41. The number of aryl methyl sites for hydroxylation is 1. The van der Waals surface area contributed by atoms with Crippen molar-refractivity contribution < 1.29 is 4.79 Å². The molecule has 0 unspecified atom stereocenters. The van der Waals surface area contributed by atoms with Crippen LogP contribution in [0.3, 0.4) is 0 Å². The lowest BCUT2D eigenvalue weighted by molar-refractivity contribution is 0.0946. The van der Waals surface area contributed by atoms with Crippen LogP contribution in [-0.4, -0.2) is 25.7 Å². The Labute approximate surface area is 144 Å². The maximum atomic E-state index is 12.4. The third kappa shape index (κ3) is 3.14. The summed E-state index contributed by atoms with van der Waals surface area (Å²) < 4.78 is 1.69. The van der Waals surface area contributed by atoms with E-state index in [1.165, 1.54) is 11.9 Å². The lowest BCUT2D eigenvalue weighted by Crippen LogP contribution is -2.23. The molecule has 6 nitrogen and oxygen atoms in total. The van der Waals surface area contributed by atoms with Crippen molar-refractivity contribution in [2.45, 2.75) is 13.5 Å². The average Bonchev–Trinajstić information content (AvgIpc) is 3.29. The van der Waals surface area contributed by atoms with Crippen molar-refractivity contribution >= 4 is 16.8 Å². The van der Waals surface area contributed by atoms with E-state index in [9.17, 15) is 4.79 Å². The van der Waals surface area contributed by atoms with Crippen LogP contribution in [-0.2, 0) is 6.54 Å². The van der Waals surface area contributed by atoms with Crippen molar-refractivity contribution in [1.82, 2.24) is 25.1 Å². The average molecular weight is 331 g/mol. The van der Waals surface area contributed by atoms with Gasteiger partial charge >= 0.3 is 0 Å². The van der Waals surface area contributed by atoms with Gasteiger partial charge in [0.1, 0.15) is 18.3 Å². The minimum atomic E-state index is -0.125. The fourth-order valence-corrected chi connectivity index (χ4v) is 2.80. The molecule has 4 rings (SSSR count). The molecule has 0 aliphatic carbocycles. The van der Waals surface area contributed by atoms with Crippen LogP contribution in [0.1, 0.15) is 21.6 Å². The number of carbonyl (C=O) groups excluding carboxylic acids is 1. The summed E-state index contributed by atoms with van der Waals surface area (Å²) in [5, 5.41) is 8.10. The van der Waals surface area contributed by atoms with Crippen LogP contribution in [0.2, 0.25) is 0 Å². The largest absolute Gasteiger partial charge is 0.351 e. The fourth-order valence-electron chi connectivity index (χ4n) is 2.80. The van der Waals surface area contributed by atoms with Gasteiger partial charge in [-0.1, -0.05) is 23.8 Å². The summed E-state index contributed by atoms with van der Waals surface area (Å²) in [5.74, 6) is -0.125. The summed E-state index contributed by atoms with van der Waals surface area (Å²) in [6.45, 7) is 2.48. The molecule has 2 N–H and O–H groups in total. The van der Waals surface area contributed by atoms with Crippen molar-refractivity contribution in [3.8, 4) is 5.69 Å². The molecule has 0 fully saturated rings. The molecule has 2 heterocycles. The molecule has 0 saturated carbocycles. The maximum absolute atomic E-state index is 12.4. The van der Waals surface area contributed by atoms with Crippen molar-refractivity contribution in [1.29, 1.82) is 0 Å². The van der Waals surface area contributed by atoms with Crippen LogP contribution >= 0.6 is 0 Å². The molecule has 1 amide bonds. The number of H-pyrrole nitrogens is 1. The number of nitrogens with one attached hydrogen (secondary N) is 2. The van der Waals surface area contributed by atoms with Gasteiger partial charge < -0.3 is 10.3 Å². The van der Waals surface area contributed by atoms with Gasteiger partial charge in [-0.15, -0.1) is 0 Å². The van der Waals surface area contributed by atoms with Crippen molar-refractivity contribution in [3.63, 3.8) is 0 Å². The fraction of sp³-hybridized carbons (Fsp3) is 0.105. The molecule has 4 aromatic rings. The minimum absolute atomic E-state index is 0.125. The normalized spacial score (nSPS) is 10.9. The molecule has 124 valence electrons. The summed E-state index contributed by atoms with van der Waals surface area (Å²) in [6, 6.07) is 15.8. The predicted octanol–water partition coefficient (Wildman–Crippen LogP) is 2.99. The molecular formula is C19H17N5O.